The third-order valence-electron chi connectivity index (χ3n) is 5.67. The molecule has 0 aliphatic rings. The van der Waals surface area contributed by atoms with Gasteiger partial charge in [-0.15, -0.1) is 0 Å². The molecule has 0 aliphatic heterocycles. The first-order valence-electron chi connectivity index (χ1n) is 13.0. The molecule has 8 heteroatoms. The molecule has 2 rings (SSSR count). The zero-order chi connectivity index (χ0) is 26.7. The second-order valence-corrected chi connectivity index (χ2v) is 9.04. The number of Topliss-reactive ketones (excluding diaryl/α,β-unsaturated/α-hetero) is 1. The van der Waals surface area contributed by atoms with Crippen LogP contribution >= 0.6 is 0 Å². The number of hydrogen-bond acceptors (Lipinski definition) is 6. The maximum atomic E-state index is 12.0. The molecule has 1 atom stereocenters. The molecule has 0 aliphatic carbocycles. The summed E-state index contributed by atoms with van der Waals surface area (Å²) in [4.78, 5) is 37.3. The molecule has 2 amide bonds. The van der Waals surface area contributed by atoms with Crippen molar-refractivity contribution in [1.82, 2.24) is 15.5 Å². The maximum Gasteiger partial charge on any atom is 0.242 e. The highest BCUT2D eigenvalue weighted by Crippen LogP contribution is 2.09. The van der Waals surface area contributed by atoms with Crippen LogP contribution in [-0.2, 0) is 36.9 Å². The van der Waals surface area contributed by atoms with Crippen molar-refractivity contribution < 1.29 is 23.9 Å². The molecule has 0 aromatic heterocycles. The monoisotopic (exact) mass is 511 g/mol. The van der Waals surface area contributed by atoms with E-state index in [0.29, 0.717) is 39.2 Å². The third kappa shape index (κ3) is 14.3. The number of nitrogens with one attached hydrogen (secondary N) is 2. The standard InChI is InChI=1S/C29H41N3O5/c1-24(33)10-9-16-30-29(35)25(2)31-28(34)15-18-36-20-21-37-19-17-32(22-26-11-5-3-6-12-26)23-27-13-7-4-8-14-27/h3-8,11-14,25H,9-10,15-23H2,1-2H3,(H,30,35)(H,31,34). The smallest absolute Gasteiger partial charge is 0.242 e. The summed E-state index contributed by atoms with van der Waals surface area (Å²) in [6.45, 7) is 7.75. The Balaban J connectivity index is 1.56. The third-order valence-corrected chi connectivity index (χ3v) is 5.67. The fourth-order valence-electron chi connectivity index (χ4n) is 3.66. The Labute approximate surface area is 220 Å². The lowest BCUT2D eigenvalue weighted by molar-refractivity contribution is -0.129. The summed E-state index contributed by atoms with van der Waals surface area (Å²) >= 11 is 0. The molecule has 1 unspecified atom stereocenters. The van der Waals surface area contributed by atoms with Crippen LogP contribution in [0.2, 0.25) is 0 Å². The van der Waals surface area contributed by atoms with E-state index in [1.165, 1.54) is 18.1 Å². The van der Waals surface area contributed by atoms with Crippen molar-refractivity contribution in [3.8, 4) is 0 Å². The number of carbonyl (C=O) groups is 3. The lowest BCUT2D eigenvalue weighted by Crippen LogP contribution is -2.45. The normalized spacial score (nSPS) is 11.8. The molecule has 0 heterocycles. The van der Waals surface area contributed by atoms with Crippen LogP contribution < -0.4 is 10.6 Å². The summed E-state index contributed by atoms with van der Waals surface area (Å²) in [6.07, 6.45) is 1.20. The molecule has 37 heavy (non-hydrogen) atoms. The highest BCUT2D eigenvalue weighted by atomic mass is 16.5. The van der Waals surface area contributed by atoms with E-state index in [9.17, 15) is 14.4 Å². The number of hydrogen-bond donors (Lipinski definition) is 2. The van der Waals surface area contributed by atoms with Gasteiger partial charge in [0.2, 0.25) is 11.8 Å². The largest absolute Gasteiger partial charge is 0.379 e. The molecule has 0 saturated carbocycles. The Bertz CT molecular complexity index is 882. The number of nitrogens with zero attached hydrogens (tertiary/aromatic N) is 1. The average molecular weight is 512 g/mol. The molecule has 0 fully saturated rings. The van der Waals surface area contributed by atoms with Crippen LogP contribution in [0.1, 0.15) is 44.2 Å². The summed E-state index contributed by atoms with van der Waals surface area (Å²) in [5, 5.41) is 5.37. The number of carbonyl (C=O) groups excluding carboxylic acids is 3. The molecule has 8 nitrogen and oxygen atoms in total. The van der Waals surface area contributed by atoms with Gasteiger partial charge in [-0.2, -0.15) is 0 Å². The zero-order valence-corrected chi connectivity index (χ0v) is 22.1. The number of rotatable bonds is 19. The van der Waals surface area contributed by atoms with E-state index in [1.807, 2.05) is 12.1 Å². The molecular weight excluding hydrogens is 470 g/mol. The first-order chi connectivity index (χ1) is 17.9. The summed E-state index contributed by atoms with van der Waals surface area (Å²) in [6, 6.07) is 20.2. The quantitative estimate of drug-likeness (QED) is 0.281. The lowest BCUT2D eigenvalue weighted by Gasteiger charge is -2.22. The van der Waals surface area contributed by atoms with Crippen LogP contribution in [0.4, 0.5) is 0 Å². The Morgan fingerprint density at radius 3 is 1.95 bits per heavy atom. The second kappa shape index (κ2) is 18.2. The molecule has 202 valence electrons. The van der Waals surface area contributed by atoms with Gasteiger partial charge in [-0.25, -0.2) is 0 Å². The van der Waals surface area contributed by atoms with Gasteiger partial charge in [0.05, 0.1) is 26.4 Å². The van der Waals surface area contributed by atoms with Crippen LogP contribution in [0, 0.1) is 0 Å². The van der Waals surface area contributed by atoms with E-state index < -0.39 is 6.04 Å². The molecule has 0 bridgehead atoms. The summed E-state index contributed by atoms with van der Waals surface area (Å²) < 4.78 is 11.3. The van der Waals surface area contributed by atoms with Crippen LogP contribution in [0.25, 0.3) is 0 Å². The summed E-state index contributed by atoms with van der Waals surface area (Å²) in [7, 11) is 0. The lowest BCUT2D eigenvalue weighted by atomic mass is 10.1. The van der Waals surface area contributed by atoms with Gasteiger partial charge >= 0.3 is 0 Å². The van der Waals surface area contributed by atoms with E-state index in [2.05, 4.69) is 64.1 Å². The zero-order valence-electron chi connectivity index (χ0n) is 22.1. The Hall–Kier alpha value is -3.07. The summed E-state index contributed by atoms with van der Waals surface area (Å²) in [5.74, 6) is -0.418. The Morgan fingerprint density at radius 2 is 1.38 bits per heavy atom. The summed E-state index contributed by atoms with van der Waals surface area (Å²) in [5.41, 5.74) is 2.53. The molecule has 2 aromatic carbocycles. The van der Waals surface area contributed by atoms with E-state index in [-0.39, 0.29) is 30.6 Å². The van der Waals surface area contributed by atoms with E-state index in [4.69, 9.17) is 9.47 Å². The van der Waals surface area contributed by atoms with Gasteiger partial charge in [0.1, 0.15) is 11.8 Å². The van der Waals surface area contributed by atoms with Gasteiger partial charge in [-0.1, -0.05) is 60.7 Å². The van der Waals surface area contributed by atoms with E-state index in [1.54, 1.807) is 6.92 Å². The van der Waals surface area contributed by atoms with Gasteiger partial charge in [0, 0.05) is 39.0 Å². The van der Waals surface area contributed by atoms with E-state index in [0.717, 1.165) is 19.6 Å². The van der Waals surface area contributed by atoms with Crippen molar-refractivity contribution in [3.63, 3.8) is 0 Å². The predicted molar refractivity (Wildman–Crippen MR) is 144 cm³/mol. The van der Waals surface area contributed by atoms with Crippen molar-refractivity contribution in [2.24, 2.45) is 0 Å². The van der Waals surface area contributed by atoms with Crippen molar-refractivity contribution in [1.29, 1.82) is 0 Å². The topological polar surface area (TPSA) is 97.0 Å². The van der Waals surface area contributed by atoms with Crippen LogP contribution in [0.3, 0.4) is 0 Å². The van der Waals surface area contributed by atoms with Crippen molar-refractivity contribution in [2.45, 2.75) is 52.2 Å². The number of benzene rings is 2. The Kier molecular flexibility index (Phi) is 14.8. The van der Waals surface area contributed by atoms with Gasteiger partial charge in [-0.05, 0) is 31.4 Å². The number of amides is 2. The van der Waals surface area contributed by atoms with Crippen LogP contribution in [-0.4, -0.2) is 68.1 Å². The molecule has 2 N–H and O–H groups in total. The average Bonchev–Trinajstić information content (AvgIpc) is 2.89. The van der Waals surface area contributed by atoms with Crippen LogP contribution in [0.15, 0.2) is 60.7 Å². The Morgan fingerprint density at radius 1 is 0.811 bits per heavy atom. The molecular formula is C29H41N3O5. The first kappa shape index (κ1) is 30.2. The van der Waals surface area contributed by atoms with Crippen molar-refractivity contribution in [2.75, 3.05) is 39.5 Å². The van der Waals surface area contributed by atoms with Gasteiger partial charge in [0.25, 0.3) is 0 Å². The minimum Gasteiger partial charge on any atom is -0.379 e. The second-order valence-electron chi connectivity index (χ2n) is 9.04. The first-order valence-corrected chi connectivity index (χ1v) is 13.0. The molecule has 0 radical (unpaired) electrons. The molecule has 2 aromatic rings. The van der Waals surface area contributed by atoms with Gasteiger partial charge < -0.3 is 24.9 Å². The van der Waals surface area contributed by atoms with Crippen LogP contribution in [0.5, 0.6) is 0 Å². The van der Waals surface area contributed by atoms with Crippen molar-refractivity contribution >= 4 is 17.6 Å². The number of ether oxygens (including phenoxy) is 2. The highest BCUT2D eigenvalue weighted by Gasteiger charge is 2.15. The SMILES string of the molecule is CC(=O)CCCNC(=O)C(C)NC(=O)CCOCCOCCN(Cc1ccccc1)Cc1ccccc1. The fourth-order valence-corrected chi connectivity index (χ4v) is 3.66. The fraction of sp³-hybridized carbons (Fsp3) is 0.483. The highest BCUT2D eigenvalue weighted by molar-refractivity contribution is 5.87. The maximum absolute atomic E-state index is 12.0. The molecule has 0 spiro atoms. The van der Waals surface area contributed by atoms with Gasteiger partial charge in [-0.3, -0.25) is 14.5 Å². The predicted octanol–water partition coefficient (Wildman–Crippen LogP) is 3.10. The van der Waals surface area contributed by atoms with Gasteiger partial charge in [0.15, 0.2) is 0 Å². The van der Waals surface area contributed by atoms with E-state index >= 15 is 0 Å². The minimum absolute atomic E-state index is 0.0917. The molecule has 0 saturated heterocycles. The number of ketones is 1. The minimum atomic E-state index is -0.636. The van der Waals surface area contributed by atoms with Crippen molar-refractivity contribution in [3.05, 3.63) is 71.8 Å².